The van der Waals surface area contributed by atoms with Crippen molar-refractivity contribution in [3.8, 4) is 0 Å². The van der Waals surface area contributed by atoms with Crippen molar-refractivity contribution in [3.63, 3.8) is 0 Å². The number of nitrogens with zero attached hydrogens (tertiary/aromatic N) is 2. The number of hydrazone groups is 2. The van der Waals surface area contributed by atoms with Gasteiger partial charge in [0.25, 0.3) is 11.8 Å². The van der Waals surface area contributed by atoms with Gasteiger partial charge in [-0.2, -0.15) is 10.2 Å². The summed E-state index contributed by atoms with van der Waals surface area (Å²) in [5.41, 5.74) is 8.48. The SMILES string of the molecule is O=C(N/N=C(/C(=N/NC(=O)c1ccccc1)c1ccccc1)c1ccccc1)c1ccccc1. The minimum atomic E-state index is -0.352. The zero-order valence-electron chi connectivity index (χ0n) is 18.3. The van der Waals surface area contributed by atoms with E-state index in [1.165, 1.54) is 0 Å². The van der Waals surface area contributed by atoms with Crippen LogP contribution in [0.4, 0.5) is 0 Å². The second-order valence-corrected chi connectivity index (χ2v) is 7.27. The molecule has 6 nitrogen and oxygen atoms in total. The van der Waals surface area contributed by atoms with E-state index in [0.29, 0.717) is 22.6 Å². The molecule has 6 heteroatoms. The van der Waals surface area contributed by atoms with Gasteiger partial charge in [0.1, 0.15) is 11.4 Å². The van der Waals surface area contributed by atoms with E-state index in [4.69, 9.17) is 0 Å². The number of hydrogen-bond acceptors (Lipinski definition) is 4. The van der Waals surface area contributed by atoms with E-state index in [9.17, 15) is 9.59 Å². The molecular weight excluding hydrogens is 424 g/mol. The van der Waals surface area contributed by atoms with Gasteiger partial charge >= 0.3 is 0 Å². The third-order valence-corrected chi connectivity index (χ3v) is 4.93. The van der Waals surface area contributed by atoms with E-state index in [-0.39, 0.29) is 11.8 Å². The number of hydrogen-bond donors (Lipinski definition) is 2. The highest BCUT2D eigenvalue weighted by atomic mass is 16.2. The van der Waals surface area contributed by atoms with E-state index in [2.05, 4.69) is 21.1 Å². The Hall–Kier alpha value is -4.84. The van der Waals surface area contributed by atoms with Crippen molar-refractivity contribution in [2.24, 2.45) is 10.2 Å². The number of rotatable bonds is 7. The van der Waals surface area contributed by atoms with Crippen molar-refractivity contribution in [1.82, 2.24) is 10.9 Å². The summed E-state index contributed by atoms with van der Waals surface area (Å²) in [6.07, 6.45) is 0. The molecule has 0 radical (unpaired) electrons. The van der Waals surface area contributed by atoms with E-state index in [1.807, 2.05) is 72.8 Å². The lowest BCUT2D eigenvalue weighted by atomic mass is 10.00. The molecule has 0 spiro atoms. The summed E-state index contributed by atoms with van der Waals surface area (Å²) in [5, 5.41) is 8.87. The second-order valence-electron chi connectivity index (χ2n) is 7.27. The standard InChI is InChI=1S/C28H22N4O2/c33-27(23-17-9-3-10-18-23)31-29-25(21-13-5-1-6-14-21)26(22-15-7-2-8-16-22)30-32-28(34)24-19-11-4-12-20-24/h1-20H,(H,31,33)(H,32,34)/b29-25+,30-26+. The number of amides is 2. The van der Waals surface area contributed by atoms with Crippen LogP contribution in [0.15, 0.2) is 132 Å². The molecule has 0 fully saturated rings. The predicted molar refractivity (Wildman–Crippen MR) is 134 cm³/mol. The van der Waals surface area contributed by atoms with Gasteiger partial charge in [0.05, 0.1) is 0 Å². The average Bonchev–Trinajstić information content (AvgIpc) is 2.92. The summed E-state index contributed by atoms with van der Waals surface area (Å²) in [6.45, 7) is 0. The fraction of sp³-hybridized carbons (Fsp3) is 0. The monoisotopic (exact) mass is 446 g/mol. The van der Waals surface area contributed by atoms with Crippen molar-refractivity contribution >= 4 is 23.2 Å². The van der Waals surface area contributed by atoms with E-state index in [1.54, 1.807) is 48.5 Å². The molecule has 4 aromatic rings. The summed E-state index contributed by atoms with van der Waals surface area (Å²) in [4.78, 5) is 25.3. The first kappa shape index (κ1) is 22.4. The molecule has 166 valence electrons. The van der Waals surface area contributed by atoms with Crippen molar-refractivity contribution < 1.29 is 9.59 Å². The molecule has 0 aliphatic heterocycles. The van der Waals surface area contributed by atoms with Gasteiger partial charge in [0, 0.05) is 22.3 Å². The number of benzene rings is 4. The summed E-state index contributed by atoms with van der Waals surface area (Å²) < 4.78 is 0. The molecule has 0 aromatic heterocycles. The summed E-state index contributed by atoms with van der Waals surface area (Å²) >= 11 is 0. The van der Waals surface area contributed by atoms with E-state index < -0.39 is 0 Å². The fourth-order valence-corrected chi connectivity index (χ4v) is 3.22. The minimum absolute atomic E-state index is 0.352. The lowest BCUT2D eigenvalue weighted by Crippen LogP contribution is -2.28. The molecule has 4 aromatic carbocycles. The van der Waals surface area contributed by atoms with Crippen LogP contribution in [0.3, 0.4) is 0 Å². The van der Waals surface area contributed by atoms with Crippen LogP contribution in [-0.4, -0.2) is 23.2 Å². The predicted octanol–water partition coefficient (Wildman–Crippen LogP) is 4.66. The molecule has 0 aliphatic rings. The molecule has 0 saturated carbocycles. The number of carbonyl (C=O) groups is 2. The molecule has 0 atom stereocenters. The molecule has 0 bridgehead atoms. The maximum atomic E-state index is 12.7. The third-order valence-electron chi connectivity index (χ3n) is 4.93. The van der Waals surface area contributed by atoms with Crippen molar-refractivity contribution in [1.29, 1.82) is 0 Å². The van der Waals surface area contributed by atoms with Gasteiger partial charge in [-0.15, -0.1) is 0 Å². The summed E-state index contributed by atoms with van der Waals surface area (Å²) in [6, 6.07) is 36.4. The van der Waals surface area contributed by atoms with Crippen molar-refractivity contribution in [3.05, 3.63) is 144 Å². The van der Waals surface area contributed by atoms with Crippen molar-refractivity contribution in [2.75, 3.05) is 0 Å². The second kappa shape index (κ2) is 11.2. The Morgan fingerprint density at radius 2 is 0.676 bits per heavy atom. The number of nitrogens with one attached hydrogen (secondary N) is 2. The zero-order valence-corrected chi connectivity index (χ0v) is 18.3. The molecular formula is C28H22N4O2. The smallest absolute Gasteiger partial charge is 0.267 e. The fourth-order valence-electron chi connectivity index (χ4n) is 3.22. The highest BCUT2D eigenvalue weighted by Gasteiger charge is 2.17. The molecule has 34 heavy (non-hydrogen) atoms. The van der Waals surface area contributed by atoms with Crippen LogP contribution in [0, 0.1) is 0 Å². The van der Waals surface area contributed by atoms with E-state index >= 15 is 0 Å². The van der Waals surface area contributed by atoms with Crippen LogP contribution in [0.1, 0.15) is 31.8 Å². The highest BCUT2D eigenvalue weighted by Crippen LogP contribution is 2.11. The lowest BCUT2D eigenvalue weighted by molar-refractivity contribution is 0.0946. The third kappa shape index (κ3) is 5.69. The summed E-state index contributed by atoms with van der Waals surface area (Å²) in [5.74, 6) is -0.704. The van der Waals surface area contributed by atoms with Crippen LogP contribution >= 0.6 is 0 Å². The zero-order chi connectivity index (χ0) is 23.6. The Labute approximate surface area is 197 Å². The van der Waals surface area contributed by atoms with Gasteiger partial charge < -0.3 is 0 Å². The molecule has 0 saturated heterocycles. The quantitative estimate of drug-likeness (QED) is 0.320. The molecule has 0 unspecified atom stereocenters. The Bertz CT molecular complexity index is 1200. The first-order valence-corrected chi connectivity index (χ1v) is 10.7. The Balaban J connectivity index is 1.73. The average molecular weight is 447 g/mol. The first-order valence-electron chi connectivity index (χ1n) is 10.7. The minimum Gasteiger partial charge on any atom is -0.267 e. The molecule has 0 aliphatic carbocycles. The van der Waals surface area contributed by atoms with Gasteiger partial charge in [-0.05, 0) is 24.3 Å². The topological polar surface area (TPSA) is 82.9 Å². The largest absolute Gasteiger partial charge is 0.271 e. The van der Waals surface area contributed by atoms with Gasteiger partial charge in [-0.1, -0.05) is 97.1 Å². The molecule has 2 amide bonds. The maximum Gasteiger partial charge on any atom is 0.271 e. The Morgan fingerprint density at radius 1 is 0.412 bits per heavy atom. The van der Waals surface area contributed by atoms with Gasteiger partial charge in [0.2, 0.25) is 0 Å². The lowest BCUT2D eigenvalue weighted by Gasteiger charge is -2.12. The Morgan fingerprint density at radius 3 is 0.971 bits per heavy atom. The first-order chi connectivity index (χ1) is 16.7. The van der Waals surface area contributed by atoms with Crippen LogP contribution in [0.25, 0.3) is 0 Å². The maximum absolute atomic E-state index is 12.7. The van der Waals surface area contributed by atoms with Gasteiger partial charge in [-0.3, -0.25) is 9.59 Å². The van der Waals surface area contributed by atoms with Crippen LogP contribution in [-0.2, 0) is 0 Å². The van der Waals surface area contributed by atoms with Gasteiger partial charge in [-0.25, -0.2) is 10.9 Å². The molecule has 4 rings (SSSR count). The number of carbonyl (C=O) groups excluding carboxylic acids is 2. The molecule has 2 N–H and O–H groups in total. The van der Waals surface area contributed by atoms with E-state index in [0.717, 1.165) is 11.1 Å². The van der Waals surface area contributed by atoms with Crippen LogP contribution < -0.4 is 10.9 Å². The highest BCUT2D eigenvalue weighted by molar-refractivity contribution is 6.53. The van der Waals surface area contributed by atoms with Crippen LogP contribution in [0.2, 0.25) is 0 Å². The normalized spacial score (nSPS) is 11.5. The van der Waals surface area contributed by atoms with Crippen LogP contribution in [0.5, 0.6) is 0 Å². The van der Waals surface area contributed by atoms with Crippen molar-refractivity contribution in [2.45, 2.75) is 0 Å². The summed E-state index contributed by atoms with van der Waals surface area (Å²) in [7, 11) is 0. The molecule has 0 heterocycles. The Kier molecular flexibility index (Phi) is 7.33. The van der Waals surface area contributed by atoms with Gasteiger partial charge in [0.15, 0.2) is 0 Å².